The SMILES string of the molecule is NNC(C1COCCO1)C1CCc2cccnc21. The van der Waals surface area contributed by atoms with Crippen molar-refractivity contribution in [3.05, 3.63) is 29.6 Å². The molecule has 0 amide bonds. The Morgan fingerprint density at radius 2 is 2.39 bits per heavy atom. The average molecular weight is 249 g/mol. The van der Waals surface area contributed by atoms with E-state index in [1.165, 1.54) is 5.56 Å². The number of pyridine rings is 1. The van der Waals surface area contributed by atoms with Crippen molar-refractivity contribution in [3.8, 4) is 0 Å². The fourth-order valence-electron chi connectivity index (χ4n) is 2.99. The minimum Gasteiger partial charge on any atom is -0.376 e. The van der Waals surface area contributed by atoms with Gasteiger partial charge in [0.25, 0.3) is 0 Å². The molecule has 0 saturated carbocycles. The lowest BCUT2D eigenvalue weighted by atomic mass is 9.93. The summed E-state index contributed by atoms with van der Waals surface area (Å²) in [5, 5.41) is 0. The van der Waals surface area contributed by atoms with Gasteiger partial charge in [0, 0.05) is 17.8 Å². The summed E-state index contributed by atoms with van der Waals surface area (Å²) < 4.78 is 11.2. The van der Waals surface area contributed by atoms with Crippen LogP contribution in [0.4, 0.5) is 0 Å². The first-order chi connectivity index (χ1) is 8.90. The number of hydrogen-bond acceptors (Lipinski definition) is 5. The van der Waals surface area contributed by atoms with Crippen molar-refractivity contribution in [1.29, 1.82) is 0 Å². The number of aryl methyl sites for hydroxylation is 1. The number of aromatic nitrogens is 1. The maximum Gasteiger partial charge on any atom is 0.0982 e. The second kappa shape index (κ2) is 5.32. The molecule has 0 spiro atoms. The quantitative estimate of drug-likeness (QED) is 0.598. The Kier molecular flexibility index (Phi) is 3.56. The minimum absolute atomic E-state index is 0.0155. The molecular formula is C13H19N3O2. The zero-order chi connectivity index (χ0) is 12.4. The molecule has 2 aliphatic rings. The summed E-state index contributed by atoms with van der Waals surface area (Å²) in [5.41, 5.74) is 5.40. The topological polar surface area (TPSA) is 69.4 Å². The maximum absolute atomic E-state index is 5.76. The third-order valence-corrected chi connectivity index (χ3v) is 3.87. The lowest BCUT2D eigenvalue weighted by Gasteiger charge is -2.33. The molecule has 2 heterocycles. The number of rotatable bonds is 3. The normalized spacial score (nSPS) is 28.9. The first-order valence-corrected chi connectivity index (χ1v) is 6.49. The number of nitrogens with one attached hydrogen (secondary N) is 1. The van der Waals surface area contributed by atoms with E-state index in [1.54, 1.807) is 0 Å². The fourth-order valence-corrected chi connectivity index (χ4v) is 2.99. The first kappa shape index (κ1) is 12.0. The van der Waals surface area contributed by atoms with E-state index in [1.807, 2.05) is 12.3 Å². The van der Waals surface area contributed by atoms with Gasteiger partial charge in [-0.15, -0.1) is 0 Å². The van der Waals surface area contributed by atoms with E-state index in [4.69, 9.17) is 15.3 Å². The monoisotopic (exact) mass is 249 g/mol. The van der Waals surface area contributed by atoms with Crippen LogP contribution in [0.1, 0.15) is 23.6 Å². The zero-order valence-corrected chi connectivity index (χ0v) is 10.3. The molecule has 1 aromatic heterocycles. The van der Waals surface area contributed by atoms with Crippen LogP contribution in [0.3, 0.4) is 0 Å². The molecule has 1 aliphatic carbocycles. The van der Waals surface area contributed by atoms with Gasteiger partial charge in [0.2, 0.25) is 0 Å². The van der Waals surface area contributed by atoms with E-state index < -0.39 is 0 Å². The molecule has 3 rings (SSSR count). The highest BCUT2D eigenvalue weighted by Gasteiger charge is 2.36. The highest BCUT2D eigenvalue weighted by Crippen LogP contribution is 2.35. The molecule has 3 unspecified atom stereocenters. The maximum atomic E-state index is 5.76. The molecule has 0 aromatic carbocycles. The number of nitrogens with zero attached hydrogens (tertiary/aromatic N) is 1. The van der Waals surface area contributed by atoms with Crippen LogP contribution in [-0.4, -0.2) is 37.0 Å². The van der Waals surface area contributed by atoms with E-state index in [0.29, 0.717) is 25.7 Å². The third kappa shape index (κ3) is 2.14. The third-order valence-electron chi connectivity index (χ3n) is 3.87. The van der Waals surface area contributed by atoms with E-state index in [0.717, 1.165) is 18.5 Å². The molecule has 1 saturated heterocycles. The Morgan fingerprint density at radius 1 is 1.44 bits per heavy atom. The van der Waals surface area contributed by atoms with Crippen molar-refractivity contribution in [2.75, 3.05) is 19.8 Å². The van der Waals surface area contributed by atoms with Crippen molar-refractivity contribution >= 4 is 0 Å². The molecule has 5 heteroatoms. The summed E-state index contributed by atoms with van der Waals surface area (Å²) in [6, 6.07) is 4.21. The Balaban J connectivity index is 1.80. The molecule has 0 bridgehead atoms. The minimum atomic E-state index is 0.0155. The molecule has 3 N–H and O–H groups in total. The van der Waals surface area contributed by atoms with E-state index >= 15 is 0 Å². The fraction of sp³-hybridized carbons (Fsp3) is 0.615. The molecule has 3 atom stereocenters. The lowest BCUT2D eigenvalue weighted by Crippen LogP contribution is -2.52. The predicted molar refractivity (Wildman–Crippen MR) is 67.0 cm³/mol. The summed E-state index contributed by atoms with van der Waals surface area (Å²) >= 11 is 0. The summed E-state index contributed by atoms with van der Waals surface area (Å²) in [5.74, 6) is 6.04. The van der Waals surface area contributed by atoms with Crippen LogP contribution in [0.2, 0.25) is 0 Å². The predicted octanol–water partition coefficient (Wildman–Crippen LogP) is 0.359. The number of fused-ring (bicyclic) bond motifs is 1. The second-order valence-corrected chi connectivity index (χ2v) is 4.87. The molecule has 98 valence electrons. The van der Waals surface area contributed by atoms with Gasteiger partial charge in [0.15, 0.2) is 0 Å². The first-order valence-electron chi connectivity index (χ1n) is 6.49. The average Bonchev–Trinajstić information content (AvgIpc) is 2.85. The summed E-state index contributed by atoms with van der Waals surface area (Å²) in [7, 11) is 0. The lowest BCUT2D eigenvalue weighted by molar-refractivity contribution is -0.105. The van der Waals surface area contributed by atoms with Crippen LogP contribution < -0.4 is 11.3 Å². The van der Waals surface area contributed by atoms with Gasteiger partial charge in [0.05, 0.1) is 32.0 Å². The number of nitrogens with two attached hydrogens (primary N) is 1. The molecule has 1 fully saturated rings. The van der Waals surface area contributed by atoms with Crippen LogP contribution in [0.25, 0.3) is 0 Å². The summed E-state index contributed by atoms with van der Waals surface area (Å²) in [6.45, 7) is 1.92. The molecule has 0 radical (unpaired) electrons. The summed E-state index contributed by atoms with van der Waals surface area (Å²) in [6.07, 6.45) is 4.01. The van der Waals surface area contributed by atoms with Crippen LogP contribution in [0.5, 0.6) is 0 Å². The molecule has 5 nitrogen and oxygen atoms in total. The Labute approximate surface area is 107 Å². The van der Waals surface area contributed by atoms with Gasteiger partial charge in [-0.3, -0.25) is 16.3 Å². The van der Waals surface area contributed by atoms with E-state index in [2.05, 4.69) is 16.5 Å². The molecule has 18 heavy (non-hydrogen) atoms. The molecule has 1 aromatic rings. The van der Waals surface area contributed by atoms with Gasteiger partial charge >= 0.3 is 0 Å². The molecular weight excluding hydrogens is 230 g/mol. The van der Waals surface area contributed by atoms with Crippen LogP contribution in [0, 0.1) is 0 Å². The van der Waals surface area contributed by atoms with E-state index in [9.17, 15) is 0 Å². The van der Waals surface area contributed by atoms with Gasteiger partial charge in [-0.2, -0.15) is 0 Å². The Hall–Kier alpha value is -1.01. The Morgan fingerprint density at radius 3 is 3.17 bits per heavy atom. The van der Waals surface area contributed by atoms with Crippen molar-refractivity contribution in [1.82, 2.24) is 10.4 Å². The van der Waals surface area contributed by atoms with Gasteiger partial charge < -0.3 is 9.47 Å². The smallest absolute Gasteiger partial charge is 0.0982 e. The van der Waals surface area contributed by atoms with Crippen molar-refractivity contribution in [2.45, 2.75) is 30.9 Å². The number of hydrogen-bond donors (Lipinski definition) is 2. The van der Waals surface area contributed by atoms with Gasteiger partial charge in [-0.25, -0.2) is 0 Å². The van der Waals surface area contributed by atoms with Crippen LogP contribution in [-0.2, 0) is 15.9 Å². The van der Waals surface area contributed by atoms with Crippen LogP contribution >= 0.6 is 0 Å². The number of ether oxygens (including phenoxy) is 2. The Bertz CT molecular complexity index is 407. The second-order valence-electron chi connectivity index (χ2n) is 4.87. The van der Waals surface area contributed by atoms with Gasteiger partial charge in [-0.05, 0) is 24.5 Å². The van der Waals surface area contributed by atoms with Crippen molar-refractivity contribution in [3.63, 3.8) is 0 Å². The standard InChI is InChI=1S/C13H19N3O2/c14-16-13(11-8-17-6-7-18-11)10-4-3-9-2-1-5-15-12(9)10/h1-2,5,10-11,13,16H,3-4,6-8,14H2. The van der Waals surface area contributed by atoms with Gasteiger partial charge in [-0.1, -0.05) is 6.07 Å². The highest BCUT2D eigenvalue weighted by molar-refractivity contribution is 5.30. The summed E-state index contributed by atoms with van der Waals surface area (Å²) in [4.78, 5) is 4.51. The molecule has 1 aliphatic heterocycles. The zero-order valence-electron chi connectivity index (χ0n) is 10.3. The van der Waals surface area contributed by atoms with Crippen LogP contribution in [0.15, 0.2) is 18.3 Å². The van der Waals surface area contributed by atoms with E-state index in [-0.39, 0.29) is 12.1 Å². The van der Waals surface area contributed by atoms with Gasteiger partial charge in [0.1, 0.15) is 0 Å². The number of hydrazine groups is 1. The van der Waals surface area contributed by atoms with Crippen molar-refractivity contribution in [2.24, 2.45) is 5.84 Å². The van der Waals surface area contributed by atoms with Crippen molar-refractivity contribution < 1.29 is 9.47 Å². The highest BCUT2D eigenvalue weighted by atomic mass is 16.6. The largest absolute Gasteiger partial charge is 0.376 e.